The average Bonchev–Trinajstić information content (AvgIpc) is 3.34. The van der Waals surface area contributed by atoms with E-state index in [9.17, 15) is 4.79 Å². The highest BCUT2D eigenvalue weighted by Gasteiger charge is 2.48. The van der Waals surface area contributed by atoms with Crippen LogP contribution in [-0.4, -0.2) is 55.4 Å². The van der Waals surface area contributed by atoms with Gasteiger partial charge < -0.3 is 18.9 Å². The van der Waals surface area contributed by atoms with Crippen LogP contribution in [0, 0.1) is 5.41 Å². The van der Waals surface area contributed by atoms with Crippen LogP contribution in [0.5, 0.6) is 0 Å². The van der Waals surface area contributed by atoms with E-state index in [1.54, 1.807) is 0 Å². The summed E-state index contributed by atoms with van der Waals surface area (Å²) in [5, 5.41) is 0. The molecule has 5 rings (SSSR count). The maximum Gasteiger partial charge on any atom is 0.494 e. The van der Waals surface area contributed by atoms with Gasteiger partial charge in [-0.3, -0.25) is 4.79 Å². The van der Waals surface area contributed by atoms with Gasteiger partial charge in [0.2, 0.25) is 0 Å². The molecule has 1 aliphatic carbocycles. The molecule has 1 unspecified atom stereocenters. The van der Waals surface area contributed by atoms with Crippen LogP contribution in [0.1, 0.15) is 70.8 Å². The van der Waals surface area contributed by atoms with Gasteiger partial charge in [-0.25, -0.2) is 0 Å². The molecule has 4 fully saturated rings. The van der Waals surface area contributed by atoms with Crippen molar-refractivity contribution in [3.63, 3.8) is 0 Å². The number of likely N-dealkylation sites (tertiary alicyclic amines) is 1. The Labute approximate surface area is 180 Å². The molecule has 1 aromatic rings. The molecule has 0 bridgehead atoms. The van der Waals surface area contributed by atoms with Crippen molar-refractivity contribution in [2.75, 3.05) is 19.7 Å². The minimum atomic E-state index is -0.262. The van der Waals surface area contributed by atoms with Crippen LogP contribution in [0.2, 0.25) is 0 Å². The molecule has 30 heavy (non-hydrogen) atoms. The van der Waals surface area contributed by atoms with Gasteiger partial charge in [-0.15, -0.1) is 0 Å². The summed E-state index contributed by atoms with van der Waals surface area (Å²) in [7, 11) is -0.262. The van der Waals surface area contributed by atoms with E-state index < -0.39 is 0 Å². The molecule has 3 aliphatic heterocycles. The minimum Gasteiger partial charge on any atom is -0.402 e. The fourth-order valence-electron chi connectivity index (χ4n) is 5.63. The first-order valence-electron chi connectivity index (χ1n) is 11.7. The first-order valence-corrected chi connectivity index (χ1v) is 11.7. The summed E-state index contributed by atoms with van der Waals surface area (Å²) in [6.07, 6.45) is 6.59. The fourth-order valence-corrected chi connectivity index (χ4v) is 5.63. The lowest BCUT2D eigenvalue weighted by Crippen LogP contribution is -2.50. The van der Waals surface area contributed by atoms with Crippen LogP contribution in [-0.2, 0) is 18.8 Å². The highest BCUT2D eigenvalue weighted by molar-refractivity contribution is 6.62. The molecule has 162 valence electrons. The maximum atomic E-state index is 12.6. The van der Waals surface area contributed by atoms with Crippen LogP contribution in [0.3, 0.4) is 0 Å². The Hall–Kier alpha value is -1.37. The van der Waals surface area contributed by atoms with E-state index in [0.29, 0.717) is 11.3 Å². The first kappa shape index (κ1) is 20.5. The number of carbonyl (C=O) groups is 1. The summed E-state index contributed by atoms with van der Waals surface area (Å²) in [4.78, 5) is 14.6. The minimum absolute atomic E-state index is 0.0895. The summed E-state index contributed by atoms with van der Waals surface area (Å²) in [5.41, 5.74) is 2.72. The van der Waals surface area contributed by atoms with Crippen molar-refractivity contribution in [3.8, 4) is 0 Å². The van der Waals surface area contributed by atoms with E-state index in [1.807, 2.05) is 4.90 Å². The van der Waals surface area contributed by atoms with Crippen molar-refractivity contribution in [1.29, 1.82) is 0 Å². The van der Waals surface area contributed by atoms with E-state index in [1.165, 1.54) is 18.4 Å². The number of nitrogens with zero attached hydrogens (tertiary/aromatic N) is 1. The third kappa shape index (κ3) is 3.72. The van der Waals surface area contributed by atoms with Gasteiger partial charge in [0, 0.05) is 19.7 Å². The van der Waals surface area contributed by atoms with E-state index in [-0.39, 0.29) is 30.8 Å². The molecular formula is C24H34BNO4. The SMILES string of the molecule is CC1OB(c2ccc(C3CC4(CCN(C(=O)[C@H]5CCCO5)CC4)C3)cc2)OC1(C)C. The van der Waals surface area contributed by atoms with Crippen LogP contribution < -0.4 is 5.46 Å². The van der Waals surface area contributed by atoms with E-state index >= 15 is 0 Å². The number of hydrogen-bond acceptors (Lipinski definition) is 4. The molecule has 2 atom stereocenters. The first-order chi connectivity index (χ1) is 14.4. The fraction of sp³-hybridized carbons (Fsp3) is 0.708. The maximum absolute atomic E-state index is 12.6. The summed E-state index contributed by atoms with van der Waals surface area (Å²) in [5.74, 6) is 0.864. The predicted octanol–water partition coefficient (Wildman–Crippen LogP) is 3.26. The Kier molecular flexibility index (Phi) is 5.23. The summed E-state index contributed by atoms with van der Waals surface area (Å²) < 4.78 is 17.7. The van der Waals surface area contributed by atoms with Crippen molar-refractivity contribution in [3.05, 3.63) is 29.8 Å². The van der Waals surface area contributed by atoms with Gasteiger partial charge in [0.15, 0.2) is 0 Å². The summed E-state index contributed by atoms with van der Waals surface area (Å²) in [6.45, 7) is 8.77. The molecule has 6 heteroatoms. The molecule has 3 saturated heterocycles. The zero-order chi connectivity index (χ0) is 20.9. The Morgan fingerprint density at radius 1 is 1.13 bits per heavy atom. The van der Waals surface area contributed by atoms with Gasteiger partial charge in [0.25, 0.3) is 5.91 Å². The number of carbonyl (C=O) groups excluding carboxylic acids is 1. The van der Waals surface area contributed by atoms with Gasteiger partial charge in [0.1, 0.15) is 6.10 Å². The average molecular weight is 411 g/mol. The number of ether oxygens (including phenoxy) is 1. The zero-order valence-electron chi connectivity index (χ0n) is 18.6. The standard InChI is InChI=1S/C24H34BNO4/c1-17-23(2,3)30-25(29-17)20-8-6-18(7-9-20)19-15-24(16-19)10-12-26(13-11-24)22(27)21-5-4-14-28-21/h6-9,17,19,21H,4-5,10-16H2,1-3H3/t17?,21-/m1/s1. The largest absolute Gasteiger partial charge is 0.494 e. The topological polar surface area (TPSA) is 48.0 Å². The molecule has 3 heterocycles. The Morgan fingerprint density at radius 2 is 1.83 bits per heavy atom. The van der Waals surface area contributed by atoms with Crippen molar-refractivity contribution in [2.24, 2.45) is 5.41 Å². The van der Waals surface area contributed by atoms with Crippen molar-refractivity contribution in [1.82, 2.24) is 4.90 Å². The van der Waals surface area contributed by atoms with Gasteiger partial charge in [0.05, 0.1) is 11.7 Å². The van der Waals surface area contributed by atoms with Gasteiger partial charge in [-0.1, -0.05) is 24.3 Å². The number of piperidine rings is 1. The molecule has 0 radical (unpaired) electrons. The molecule has 0 aromatic heterocycles. The Bertz CT molecular complexity index is 773. The smallest absolute Gasteiger partial charge is 0.402 e. The summed E-state index contributed by atoms with van der Waals surface area (Å²) >= 11 is 0. The number of rotatable bonds is 3. The van der Waals surface area contributed by atoms with Gasteiger partial charge >= 0.3 is 7.12 Å². The van der Waals surface area contributed by atoms with Crippen LogP contribution in [0.25, 0.3) is 0 Å². The molecule has 0 N–H and O–H groups in total. The monoisotopic (exact) mass is 411 g/mol. The van der Waals surface area contributed by atoms with Crippen molar-refractivity contribution < 1.29 is 18.8 Å². The summed E-state index contributed by atoms with van der Waals surface area (Å²) in [6, 6.07) is 8.85. The second-order valence-corrected chi connectivity index (χ2v) is 10.4. The van der Waals surface area contributed by atoms with E-state index in [0.717, 1.165) is 50.8 Å². The molecule has 5 nitrogen and oxygen atoms in total. The molecule has 1 saturated carbocycles. The van der Waals surface area contributed by atoms with Gasteiger partial charge in [-0.2, -0.15) is 0 Å². The Balaban J connectivity index is 1.13. The molecular weight excluding hydrogens is 377 g/mol. The number of amides is 1. The second-order valence-electron chi connectivity index (χ2n) is 10.4. The third-order valence-electron chi connectivity index (χ3n) is 8.10. The molecule has 1 amide bonds. The van der Waals surface area contributed by atoms with Gasteiger partial charge in [-0.05, 0) is 81.7 Å². The third-order valence-corrected chi connectivity index (χ3v) is 8.10. The van der Waals surface area contributed by atoms with Crippen LogP contribution in [0.4, 0.5) is 0 Å². The van der Waals surface area contributed by atoms with E-state index in [2.05, 4.69) is 45.0 Å². The molecule has 4 aliphatic rings. The Morgan fingerprint density at radius 3 is 2.40 bits per heavy atom. The molecule has 1 spiro atoms. The van der Waals surface area contributed by atoms with Crippen molar-refractivity contribution in [2.45, 2.75) is 83.0 Å². The second kappa shape index (κ2) is 7.65. The van der Waals surface area contributed by atoms with Crippen LogP contribution >= 0.6 is 0 Å². The highest BCUT2D eigenvalue weighted by atomic mass is 16.7. The number of hydrogen-bond donors (Lipinski definition) is 0. The lowest BCUT2D eigenvalue weighted by Gasteiger charge is -2.52. The van der Waals surface area contributed by atoms with Crippen molar-refractivity contribution >= 4 is 18.5 Å². The lowest BCUT2D eigenvalue weighted by atomic mass is 9.56. The normalized spacial score (nSPS) is 30.6. The zero-order valence-corrected chi connectivity index (χ0v) is 18.6. The van der Waals surface area contributed by atoms with E-state index in [4.69, 9.17) is 14.0 Å². The van der Waals surface area contributed by atoms with Crippen LogP contribution in [0.15, 0.2) is 24.3 Å². The predicted molar refractivity (Wildman–Crippen MR) is 117 cm³/mol. The lowest BCUT2D eigenvalue weighted by molar-refractivity contribution is -0.144. The highest BCUT2D eigenvalue weighted by Crippen LogP contribution is 2.56. The molecule has 1 aromatic carbocycles. The quantitative estimate of drug-likeness (QED) is 0.717. The number of benzene rings is 1.